The molecule has 1 saturated carbocycles. The maximum atomic E-state index is 12.9. The van der Waals surface area contributed by atoms with Crippen molar-refractivity contribution in [2.24, 2.45) is 5.92 Å². The van der Waals surface area contributed by atoms with E-state index in [4.69, 9.17) is 0 Å². The van der Waals surface area contributed by atoms with Crippen molar-refractivity contribution < 1.29 is 9.59 Å². The van der Waals surface area contributed by atoms with Crippen LogP contribution in [0.3, 0.4) is 0 Å². The quantitative estimate of drug-likeness (QED) is 0.761. The van der Waals surface area contributed by atoms with Crippen LogP contribution >= 0.6 is 0 Å². The minimum atomic E-state index is 0.168. The second-order valence-corrected chi connectivity index (χ2v) is 8.12. The summed E-state index contributed by atoms with van der Waals surface area (Å²) in [7, 11) is 0. The topological polar surface area (TPSA) is 40.6 Å². The first kappa shape index (κ1) is 18.7. The number of amides is 2. The van der Waals surface area contributed by atoms with E-state index in [2.05, 4.69) is 31.2 Å². The highest BCUT2D eigenvalue weighted by atomic mass is 16.2. The number of likely N-dealkylation sites (tertiary alicyclic amines) is 1. The third-order valence-electron chi connectivity index (χ3n) is 5.72. The summed E-state index contributed by atoms with van der Waals surface area (Å²) >= 11 is 0. The van der Waals surface area contributed by atoms with E-state index in [1.54, 1.807) is 0 Å². The van der Waals surface area contributed by atoms with E-state index in [0.29, 0.717) is 13.0 Å². The van der Waals surface area contributed by atoms with Gasteiger partial charge in [0.05, 0.1) is 13.0 Å². The average molecular weight is 377 g/mol. The molecule has 146 valence electrons. The second kappa shape index (κ2) is 8.17. The molecule has 2 fully saturated rings. The van der Waals surface area contributed by atoms with E-state index in [1.807, 2.05) is 34.1 Å². The molecule has 2 aliphatic rings. The number of aryl methyl sites for hydroxylation is 1. The zero-order valence-corrected chi connectivity index (χ0v) is 16.6. The summed E-state index contributed by atoms with van der Waals surface area (Å²) in [6.45, 7) is 4.43. The highest BCUT2D eigenvalue weighted by Gasteiger charge is 2.34. The molecule has 1 aliphatic carbocycles. The van der Waals surface area contributed by atoms with Crippen molar-refractivity contribution in [1.29, 1.82) is 0 Å². The number of anilines is 1. The molecule has 0 unspecified atom stereocenters. The molecule has 0 radical (unpaired) electrons. The summed E-state index contributed by atoms with van der Waals surface area (Å²) in [6.07, 6.45) is 4.65. The van der Waals surface area contributed by atoms with Crippen molar-refractivity contribution in [2.45, 2.75) is 45.6 Å². The van der Waals surface area contributed by atoms with Gasteiger partial charge in [0.1, 0.15) is 0 Å². The first-order valence-electron chi connectivity index (χ1n) is 10.3. The molecule has 0 spiro atoms. The highest BCUT2D eigenvalue weighted by Crippen LogP contribution is 2.33. The summed E-state index contributed by atoms with van der Waals surface area (Å²) in [5.74, 6) is 0.583. The Morgan fingerprint density at radius 1 is 0.929 bits per heavy atom. The molecule has 4 heteroatoms. The first-order chi connectivity index (χ1) is 13.6. The maximum absolute atomic E-state index is 12.9. The van der Waals surface area contributed by atoms with Crippen LogP contribution in [-0.4, -0.2) is 29.8 Å². The van der Waals surface area contributed by atoms with Gasteiger partial charge in [-0.2, -0.15) is 0 Å². The summed E-state index contributed by atoms with van der Waals surface area (Å²) in [4.78, 5) is 29.1. The molecule has 2 amide bonds. The van der Waals surface area contributed by atoms with E-state index >= 15 is 0 Å². The molecule has 0 atom stereocenters. The average Bonchev–Trinajstić information content (AvgIpc) is 3.41. The Hall–Kier alpha value is -2.62. The Kier molecular flexibility index (Phi) is 5.47. The number of hydrogen-bond acceptors (Lipinski definition) is 2. The molecule has 0 bridgehead atoms. The number of carbonyl (C=O) groups excluding carboxylic acids is 2. The van der Waals surface area contributed by atoms with Crippen molar-refractivity contribution in [3.63, 3.8) is 0 Å². The van der Waals surface area contributed by atoms with Crippen molar-refractivity contribution in [3.05, 3.63) is 65.2 Å². The fourth-order valence-electron chi connectivity index (χ4n) is 3.77. The van der Waals surface area contributed by atoms with Gasteiger partial charge < -0.3 is 9.80 Å². The standard InChI is InChI=1S/C24H28N2O2/c1-18-4-6-20(7-5-18)17-26(24(28)21-10-11-21)22-12-8-19(9-13-22)16-23(27)25-14-2-3-15-25/h4-9,12-13,21H,2-3,10-11,14-17H2,1H3. The zero-order chi connectivity index (χ0) is 19.5. The number of rotatable bonds is 6. The van der Waals surface area contributed by atoms with Crippen molar-refractivity contribution in [1.82, 2.24) is 4.90 Å². The van der Waals surface area contributed by atoms with Gasteiger partial charge in [-0.15, -0.1) is 0 Å². The molecule has 0 aromatic heterocycles. The monoisotopic (exact) mass is 376 g/mol. The van der Waals surface area contributed by atoms with Crippen LogP contribution in [0.2, 0.25) is 0 Å². The van der Waals surface area contributed by atoms with Crippen LogP contribution in [0.1, 0.15) is 42.4 Å². The molecule has 28 heavy (non-hydrogen) atoms. The normalized spacial score (nSPS) is 16.2. The molecule has 4 rings (SSSR count). The summed E-state index contributed by atoms with van der Waals surface area (Å²) in [5, 5.41) is 0. The van der Waals surface area contributed by atoms with Crippen LogP contribution in [0.5, 0.6) is 0 Å². The van der Waals surface area contributed by atoms with Crippen LogP contribution in [0.15, 0.2) is 48.5 Å². The van der Waals surface area contributed by atoms with Crippen LogP contribution in [-0.2, 0) is 22.6 Å². The third kappa shape index (κ3) is 4.44. The third-order valence-corrected chi connectivity index (χ3v) is 5.72. The van der Waals surface area contributed by atoms with Crippen molar-refractivity contribution >= 4 is 17.5 Å². The van der Waals surface area contributed by atoms with Gasteiger partial charge in [0.25, 0.3) is 0 Å². The minimum Gasteiger partial charge on any atom is -0.342 e. The number of nitrogens with zero attached hydrogens (tertiary/aromatic N) is 2. The predicted molar refractivity (Wildman–Crippen MR) is 111 cm³/mol. The van der Waals surface area contributed by atoms with E-state index in [1.165, 1.54) is 5.56 Å². The Balaban J connectivity index is 1.48. The second-order valence-electron chi connectivity index (χ2n) is 8.12. The van der Waals surface area contributed by atoms with E-state index in [9.17, 15) is 9.59 Å². The van der Waals surface area contributed by atoms with Crippen LogP contribution in [0.25, 0.3) is 0 Å². The van der Waals surface area contributed by atoms with Gasteiger partial charge in [-0.1, -0.05) is 42.0 Å². The number of hydrogen-bond donors (Lipinski definition) is 0. The highest BCUT2D eigenvalue weighted by molar-refractivity contribution is 5.96. The lowest BCUT2D eigenvalue weighted by Gasteiger charge is -2.23. The van der Waals surface area contributed by atoms with Gasteiger partial charge >= 0.3 is 0 Å². The van der Waals surface area contributed by atoms with Gasteiger partial charge in [-0.25, -0.2) is 0 Å². The van der Waals surface area contributed by atoms with Gasteiger partial charge in [-0.05, 0) is 55.9 Å². The lowest BCUT2D eigenvalue weighted by atomic mass is 10.1. The Bertz CT molecular complexity index is 832. The molecule has 1 saturated heterocycles. The SMILES string of the molecule is Cc1ccc(CN(C(=O)C2CC2)c2ccc(CC(=O)N3CCCC3)cc2)cc1. The van der Waals surface area contributed by atoms with Gasteiger partial charge in [0, 0.05) is 24.7 Å². The maximum Gasteiger partial charge on any atom is 0.230 e. The zero-order valence-electron chi connectivity index (χ0n) is 16.6. The fourth-order valence-corrected chi connectivity index (χ4v) is 3.77. The molecule has 2 aromatic carbocycles. The molecule has 1 heterocycles. The lowest BCUT2D eigenvalue weighted by Crippen LogP contribution is -2.31. The van der Waals surface area contributed by atoms with Crippen LogP contribution in [0.4, 0.5) is 5.69 Å². The van der Waals surface area contributed by atoms with E-state index < -0.39 is 0 Å². The van der Waals surface area contributed by atoms with Crippen LogP contribution < -0.4 is 4.90 Å². The smallest absolute Gasteiger partial charge is 0.230 e. The Morgan fingerprint density at radius 2 is 1.54 bits per heavy atom. The predicted octanol–water partition coefficient (Wildman–Crippen LogP) is 4.10. The van der Waals surface area contributed by atoms with Gasteiger partial charge in [0.2, 0.25) is 11.8 Å². The summed E-state index contributed by atoms with van der Waals surface area (Å²) < 4.78 is 0. The van der Waals surface area contributed by atoms with E-state index in [-0.39, 0.29) is 17.7 Å². The van der Waals surface area contributed by atoms with Crippen molar-refractivity contribution in [3.8, 4) is 0 Å². The van der Waals surface area contributed by atoms with Crippen molar-refractivity contribution in [2.75, 3.05) is 18.0 Å². The largest absolute Gasteiger partial charge is 0.342 e. The fraction of sp³-hybridized carbons (Fsp3) is 0.417. The minimum absolute atomic E-state index is 0.168. The molecule has 0 N–H and O–H groups in total. The summed E-state index contributed by atoms with van der Waals surface area (Å²) in [5.41, 5.74) is 4.27. The summed E-state index contributed by atoms with van der Waals surface area (Å²) in [6, 6.07) is 16.3. The van der Waals surface area contributed by atoms with Gasteiger partial charge in [0.15, 0.2) is 0 Å². The molecule has 4 nitrogen and oxygen atoms in total. The number of benzene rings is 2. The molecule has 2 aromatic rings. The molecular formula is C24H28N2O2. The lowest BCUT2D eigenvalue weighted by molar-refractivity contribution is -0.129. The molecular weight excluding hydrogens is 348 g/mol. The van der Waals surface area contributed by atoms with Crippen LogP contribution in [0, 0.1) is 12.8 Å². The Morgan fingerprint density at radius 3 is 2.14 bits per heavy atom. The van der Waals surface area contributed by atoms with Gasteiger partial charge in [-0.3, -0.25) is 9.59 Å². The first-order valence-corrected chi connectivity index (χ1v) is 10.3. The Labute approximate surface area is 167 Å². The number of carbonyl (C=O) groups is 2. The van der Waals surface area contributed by atoms with E-state index in [0.717, 1.165) is 55.6 Å². The molecule has 1 aliphatic heterocycles.